The summed E-state index contributed by atoms with van der Waals surface area (Å²) in [5.74, 6) is 1.44. The van der Waals surface area contributed by atoms with Gasteiger partial charge in [0.2, 0.25) is 6.79 Å². The van der Waals surface area contributed by atoms with Gasteiger partial charge in [-0.05, 0) is 52.2 Å². The van der Waals surface area contributed by atoms with Gasteiger partial charge < -0.3 is 23.8 Å². The van der Waals surface area contributed by atoms with E-state index in [1.165, 1.54) is 31.4 Å². The Kier molecular flexibility index (Phi) is 5.19. The number of halogens is 1. The molecule has 4 rings (SSSR count). The fourth-order valence-corrected chi connectivity index (χ4v) is 3.88. The minimum absolute atomic E-state index is 0.135. The number of ether oxygens (including phenoxy) is 4. The lowest BCUT2D eigenvalue weighted by molar-refractivity contribution is 0.0817. The molecule has 0 aliphatic carbocycles. The van der Waals surface area contributed by atoms with Crippen molar-refractivity contribution in [2.75, 3.05) is 27.6 Å². The average Bonchev–Trinajstić information content (AvgIpc) is 3.18. The molecule has 7 nitrogen and oxygen atoms in total. The maximum Gasteiger partial charge on any atom is 0.262 e. The van der Waals surface area contributed by atoms with Crippen LogP contribution in [0.2, 0.25) is 0 Å². The normalized spacial score (nSPS) is 16.0. The Labute approximate surface area is 175 Å². The Hall–Kier alpha value is -3.00. The van der Waals surface area contributed by atoms with Crippen LogP contribution in [0.25, 0.3) is 0 Å². The molecule has 8 heteroatoms. The van der Waals surface area contributed by atoms with Crippen LogP contribution in [-0.2, 0) is 6.42 Å². The number of fused-ring (bicyclic) bond motifs is 2. The molecule has 2 aliphatic heterocycles. The van der Waals surface area contributed by atoms with Gasteiger partial charge >= 0.3 is 0 Å². The van der Waals surface area contributed by atoms with Crippen LogP contribution in [0, 0.1) is 0 Å². The van der Waals surface area contributed by atoms with E-state index in [0.29, 0.717) is 51.6 Å². The van der Waals surface area contributed by atoms with Crippen molar-refractivity contribution in [1.29, 1.82) is 0 Å². The van der Waals surface area contributed by atoms with E-state index in [2.05, 4.69) is 15.9 Å². The summed E-state index contributed by atoms with van der Waals surface area (Å²) < 4.78 is 22.1. The molecule has 0 spiro atoms. The minimum atomic E-state index is -0.305. The zero-order valence-corrected chi connectivity index (χ0v) is 17.4. The second-order valence-corrected chi connectivity index (χ2v) is 7.30. The number of hydrogen-bond donors (Lipinski definition) is 0. The highest BCUT2D eigenvalue weighted by Crippen LogP contribution is 2.38. The summed E-state index contributed by atoms with van der Waals surface area (Å²) in [6.07, 6.45) is 3.37. The first-order chi connectivity index (χ1) is 14.0. The average molecular weight is 460 g/mol. The van der Waals surface area contributed by atoms with Gasteiger partial charge in [0, 0.05) is 28.9 Å². The van der Waals surface area contributed by atoms with Crippen LogP contribution in [0.15, 0.2) is 41.0 Å². The first-order valence-corrected chi connectivity index (χ1v) is 9.69. The van der Waals surface area contributed by atoms with E-state index >= 15 is 0 Å². The van der Waals surface area contributed by atoms with Crippen LogP contribution < -0.4 is 18.9 Å². The number of rotatable bonds is 3. The van der Waals surface area contributed by atoms with Crippen molar-refractivity contribution in [1.82, 2.24) is 4.90 Å². The molecule has 0 radical (unpaired) electrons. The lowest BCUT2D eigenvalue weighted by Gasteiger charge is -2.23. The van der Waals surface area contributed by atoms with E-state index < -0.39 is 0 Å². The summed E-state index contributed by atoms with van der Waals surface area (Å²) in [6, 6.07) is 6.94. The highest BCUT2D eigenvalue weighted by molar-refractivity contribution is 9.10. The number of benzene rings is 2. The summed E-state index contributed by atoms with van der Waals surface area (Å²) in [4.78, 5) is 27.5. The zero-order chi connectivity index (χ0) is 20.5. The summed E-state index contributed by atoms with van der Waals surface area (Å²) in [5.41, 5.74) is 1.69. The van der Waals surface area contributed by atoms with Crippen molar-refractivity contribution >= 4 is 27.6 Å². The maximum atomic E-state index is 13.3. The highest BCUT2D eigenvalue weighted by atomic mass is 79.9. The Bertz CT molecular complexity index is 1030. The first kappa shape index (κ1) is 19.3. The molecule has 29 heavy (non-hydrogen) atoms. The van der Waals surface area contributed by atoms with Crippen molar-refractivity contribution in [3.63, 3.8) is 0 Å². The molecular weight excluding hydrogens is 442 g/mol. The quantitative estimate of drug-likeness (QED) is 0.697. The topological polar surface area (TPSA) is 74.3 Å². The SMILES string of the molecule is COc1ccc(Br)c(C(=O)N2/C=C\C(=O)c3cc4c(cc3CC2)OCO4)c1OC. The first-order valence-electron chi connectivity index (χ1n) is 8.90. The number of ketones is 1. The van der Waals surface area contributed by atoms with Gasteiger partial charge in [0.25, 0.3) is 5.91 Å². The summed E-state index contributed by atoms with van der Waals surface area (Å²) >= 11 is 3.42. The molecule has 2 aliphatic rings. The van der Waals surface area contributed by atoms with E-state index in [9.17, 15) is 9.59 Å². The number of allylic oxidation sites excluding steroid dienone is 1. The van der Waals surface area contributed by atoms with E-state index in [1.807, 2.05) is 0 Å². The fraction of sp³-hybridized carbons (Fsp3) is 0.238. The minimum Gasteiger partial charge on any atom is -0.493 e. The lowest BCUT2D eigenvalue weighted by atomic mass is 9.98. The molecule has 0 aromatic heterocycles. The molecule has 0 N–H and O–H groups in total. The second-order valence-electron chi connectivity index (χ2n) is 6.45. The third kappa shape index (κ3) is 3.44. The summed E-state index contributed by atoms with van der Waals surface area (Å²) in [7, 11) is 2.99. The predicted octanol–water partition coefficient (Wildman–Crippen LogP) is 3.59. The smallest absolute Gasteiger partial charge is 0.262 e. The second kappa shape index (κ2) is 7.79. The monoisotopic (exact) mass is 459 g/mol. The molecule has 0 saturated carbocycles. The van der Waals surface area contributed by atoms with Gasteiger partial charge in [-0.15, -0.1) is 0 Å². The Morgan fingerprint density at radius 3 is 2.62 bits per heavy atom. The van der Waals surface area contributed by atoms with E-state index in [-0.39, 0.29) is 18.5 Å². The van der Waals surface area contributed by atoms with Crippen LogP contribution in [0.3, 0.4) is 0 Å². The molecule has 0 saturated heterocycles. The molecule has 150 valence electrons. The molecule has 0 atom stereocenters. The van der Waals surface area contributed by atoms with Crippen molar-refractivity contribution in [2.45, 2.75) is 6.42 Å². The molecule has 0 fully saturated rings. The number of amides is 1. The number of carbonyl (C=O) groups excluding carboxylic acids is 2. The molecule has 0 unspecified atom stereocenters. The van der Waals surface area contributed by atoms with E-state index in [0.717, 1.165) is 5.56 Å². The number of methoxy groups -OCH3 is 2. The van der Waals surface area contributed by atoms with Crippen LogP contribution in [0.4, 0.5) is 0 Å². The largest absolute Gasteiger partial charge is 0.493 e. The number of nitrogens with zero attached hydrogens (tertiary/aromatic N) is 1. The Morgan fingerprint density at radius 1 is 1.14 bits per heavy atom. The highest BCUT2D eigenvalue weighted by Gasteiger charge is 2.27. The Morgan fingerprint density at radius 2 is 1.90 bits per heavy atom. The van der Waals surface area contributed by atoms with Gasteiger partial charge in [-0.25, -0.2) is 0 Å². The summed E-state index contributed by atoms with van der Waals surface area (Å²) in [5, 5.41) is 0. The third-order valence-electron chi connectivity index (χ3n) is 4.86. The predicted molar refractivity (Wildman–Crippen MR) is 108 cm³/mol. The van der Waals surface area contributed by atoms with Gasteiger partial charge in [-0.3, -0.25) is 9.59 Å². The van der Waals surface area contributed by atoms with E-state index in [4.69, 9.17) is 18.9 Å². The van der Waals surface area contributed by atoms with Gasteiger partial charge in [-0.2, -0.15) is 0 Å². The fourth-order valence-electron chi connectivity index (χ4n) is 3.40. The van der Waals surface area contributed by atoms with Gasteiger partial charge in [0.05, 0.1) is 19.8 Å². The van der Waals surface area contributed by atoms with E-state index in [1.54, 1.807) is 24.3 Å². The molecule has 2 aromatic carbocycles. The molecule has 2 heterocycles. The molecule has 1 amide bonds. The molecule has 0 bridgehead atoms. The third-order valence-corrected chi connectivity index (χ3v) is 5.52. The lowest BCUT2D eigenvalue weighted by Crippen LogP contribution is -2.30. The maximum absolute atomic E-state index is 13.3. The Balaban J connectivity index is 1.69. The standard InChI is InChI=1S/C21H18BrNO6/c1-26-16-4-3-14(22)19(20(16)27-2)21(25)23-7-5-12-9-17-18(29-11-28-17)10-13(12)15(24)6-8-23/h3-4,6,8-10H,5,7,11H2,1-2H3/b8-6-. The zero-order valence-electron chi connectivity index (χ0n) is 15.9. The molecule has 2 aromatic rings. The van der Waals surface area contributed by atoms with Crippen molar-refractivity contribution in [2.24, 2.45) is 0 Å². The van der Waals surface area contributed by atoms with Gasteiger partial charge in [0.1, 0.15) is 0 Å². The van der Waals surface area contributed by atoms with Crippen LogP contribution in [-0.4, -0.2) is 44.1 Å². The van der Waals surface area contributed by atoms with Crippen molar-refractivity contribution < 1.29 is 28.5 Å². The molecular formula is C21H18BrNO6. The van der Waals surface area contributed by atoms with Crippen LogP contribution in [0.1, 0.15) is 26.3 Å². The van der Waals surface area contributed by atoms with Crippen molar-refractivity contribution in [3.05, 3.63) is 57.7 Å². The summed E-state index contributed by atoms with van der Waals surface area (Å²) in [6.45, 7) is 0.512. The van der Waals surface area contributed by atoms with Gasteiger partial charge in [-0.1, -0.05) is 0 Å². The van der Waals surface area contributed by atoms with Crippen molar-refractivity contribution in [3.8, 4) is 23.0 Å². The number of carbonyl (C=O) groups is 2. The van der Waals surface area contributed by atoms with Crippen LogP contribution >= 0.6 is 15.9 Å². The van der Waals surface area contributed by atoms with Crippen LogP contribution in [0.5, 0.6) is 23.0 Å². The number of hydrogen-bond acceptors (Lipinski definition) is 6. The van der Waals surface area contributed by atoms with Gasteiger partial charge in [0.15, 0.2) is 28.8 Å².